The summed E-state index contributed by atoms with van der Waals surface area (Å²) in [5.74, 6) is 0.319. The minimum absolute atomic E-state index is 0.0315. The summed E-state index contributed by atoms with van der Waals surface area (Å²) >= 11 is 0. The highest BCUT2D eigenvalue weighted by molar-refractivity contribution is 5.80. The molecule has 98 valence electrons. The van der Waals surface area contributed by atoms with Crippen LogP contribution in [0.3, 0.4) is 0 Å². The molecule has 0 aliphatic rings. The van der Waals surface area contributed by atoms with Crippen LogP contribution in [0.2, 0.25) is 0 Å². The van der Waals surface area contributed by atoms with Crippen LogP contribution in [0, 0.1) is 17.0 Å². The quantitative estimate of drug-likeness (QED) is 0.586. The maximum absolute atomic E-state index is 11.3. The van der Waals surface area contributed by atoms with Gasteiger partial charge in [0.1, 0.15) is 11.5 Å². The second kappa shape index (κ2) is 6.53. The molecule has 18 heavy (non-hydrogen) atoms. The molecule has 0 unspecified atom stereocenters. The van der Waals surface area contributed by atoms with E-state index in [-0.39, 0.29) is 18.1 Å². The Morgan fingerprint density at radius 2 is 2.22 bits per heavy atom. The molecule has 0 aliphatic carbocycles. The van der Waals surface area contributed by atoms with E-state index < -0.39 is 4.92 Å². The van der Waals surface area contributed by atoms with Gasteiger partial charge in [-0.1, -0.05) is 6.92 Å². The van der Waals surface area contributed by atoms with Crippen molar-refractivity contribution in [1.82, 2.24) is 10.3 Å². The molecule has 0 bridgehead atoms. The first-order chi connectivity index (χ1) is 8.54. The SMILES string of the molecule is CCCNC(=O)CNc1ccc([N+](=O)[O-])c(C)n1. The van der Waals surface area contributed by atoms with Gasteiger partial charge in [0.15, 0.2) is 0 Å². The third-order valence-electron chi connectivity index (χ3n) is 2.26. The van der Waals surface area contributed by atoms with Crippen LogP contribution >= 0.6 is 0 Å². The van der Waals surface area contributed by atoms with Crippen molar-refractivity contribution in [1.29, 1.82) is 0 Å². The number of pyridine rings is 1. The normalized spacial score (nSPS) is 9.89. The summed E-state index contributed by atoms with van der Waals surface area (Å²) in [4.78, 5) is 25.5. The Labute approximate surface area is 105 Å². The van der Waals surface area contributed by atoms with Crippen molar-refractivity contribution in [3.8, 4) is 0 Å². The lowest BCUT2D eigenvalue weighted by atomic mass is 10.3. The van der Waals surface area contributed by atoms with Crippen LogP contribution in [0.15, 0.2) is 12.1 Å². The minimum atomic E-state index is -0.486. The van der Waals surface area contributed by atoms with Gasteiger partial charge in [0, 0.05) is 12.6 Å². The monoisotopic (exact) mass is 252 g/mol. The zero-order chi connectivity index (χ0) is 13.5. The zero-order valence-corrected chi connectivity index (χ0v) is 10.4. The number of aryl methyl sites for hydroxylation is 1. The highest BCUT2D eigenvalue weighted by atomic mass is 16.6. The van der Waals surface area contributed by atoms with E-state index in [1.165, 1.54) is 12.1 Å². The molecule has 7 nitrogen and oxygen atoms in total. The highest BCUT2D eigenvalue weighted by Crippen LogP contribution is 2.17. The Hall–Kier alpha value is -2.18. The summed E-state index contributed by atoms with van der Waals surface area (Å²) in [6.45, 7) is 4.26. The molecule has 1 aromatic heterocycles. The Morgan fingerprint density at radius 3 is 2.78 bits per heavy atom. The number of hydrogen-bond donors (Lipinski definition) is 2. The third kappa shape index (κ3) is 4.00. The molecule has 2 N–H and O–H groups in total. The lowest BCUT2D eigenvalue weighted by Gasteiger charge is -2.06. The molecule has 1 amide bonds. The number of nitrogens with one attached hydrogen (secondary N) is 2. The molecule has 1 rings (SSSR count). The smallest absolute Gasteiger partial charge is 0.290 e. The summed E-state index contributed by atoms with van der Waals surface area (Å²) in [5, 5.41) is 16.1. The Kier molecular flexibility index (Phi) is 5.04. The first-order valence-electron chi connectivity index (χ1n) is 5.67. The second-order valence-electron chi connectivity index (χ2n) is 3.76. The Morgan fingerprint density at radius 1 is 1.50 bits per heavy atom. The van der Waals surface area contributed by atoms with Gasteiger partial charge in [-0.05, 0) is 19.4 Å². The topological polar surface area (TPSA) is 97.2 Å². The van der Waals surface area contributed by atoms with Gasteiger partial charge in [0.25, 0.3) is 5.69 Å². The van der Waals surface area contributed by atoms with Crippen molar-refractivity contribution >= 4 is 17.4 Å². The lowest BCUT2D eigenvalue weighted by molar-refractivity contribution is -0.385. The molecular formula is C11H16N4O3. The van der Waals surface area contributed by atoms with Gasteiger partial charge in [0.05, 0.1) is 11.5 Å². The molecule has 0 aromatic carbocycles. The number of carbonyl (C=O) groups is 1. The molecule has 0 fully saturated rings. The van der Waals surface area contributed by atoms with Crippen molar-refractivity contribution in [3.63, 3.8) is 0 Å². The van der Waals surface area contributed by atoms with E-state index in [9.17, 15) is 14.9 Å². The number of anilines is 1. The van der Waals surface area contributed by atoms with E-state index in [2.05, 4.69) is 15.6 Å². The molecular weight excluding hydrogens is 236 g/mol. The van der Waals surface area contributed by atoms with Crippen LogP contribution in [0.5, 0.6) is 0 Å². The van der Waals surface area contributed by atoms with Crippen molar-refractivity contribution in [2.75, 3.05) is 18.4 Å². The predicted octanol–water partition coefficient (Wildman–Crippen LogP) is 1.24. The molecule has 0 saturated heterocycles. The fraction of sp³-hybridized carbons (Fsp3) is 0.455. The van der Waals surface area contributed by atoms with Crippen LogP contribution in [-0.2, 0) is 4.79 Å². The lowest BCUT2D eigenvalue weighted by Crippen LogP contribution is -2.30. The van der Waals surface area contributed by atoms with Gasteiger partial charge in [-0.25, -0.2) is 4.98 Å². The highest BCUT2D eigenvalue weighted by Gasteiger charge is 2.11. The van der Waals surface area contributed by atoms with Crippen molar-refractivity contribution < 1.29 is 9.72 Å². The standard InChI is InChI=1S/C11H16N4O3/c1-3-6-12-11(16)7-13-10-5-4-9(15(17)18)8(2)14-10/h4-5H,3,6-7H2,1-2H3,(H,12,16)(H,13,14). The molecule has 1 heterocycles. The van der Waals surface area contributed by atoms with Crippen LogP contribution in [0.25, 0.3) is 0 Å². The third-order valence-corrected chi connectivity index (χ3v) is 2.26. The summed E-state index contributed by atoms with van der Waals surface area (Å²) in [6.07, 6.45) is 0.876. The number of nitrogens with zero attached hydrogens (tertiary/aromatic N) is 2. The maximum atomic E-state index is 11.3. The van der Waals surface area contributed by atoms with E-state index in [1.807, 2.05) is 6.92 Å². The number of hydrogen-bond acceptors (Lipinski definition) is 5. The van der Waals surface area contributed by atoms with Gasteiger partial charge in [-0.2, -0.15) is 0 Å². The second-order valence-corrected chi connectivity index (χ2v) is 3.76. The van der Waals surface area contributed by atoms with E-state index in [0.717, 1.165) is 6.42 Å². The molecule has 0 aliphatic heterocycles. The molecule has 0 atom stereocenters. The summed E-state index contributed by atoms with van der Waals surface area (Å²) < 4.78 is 0. The molecule has 7 heteroatoms. The summed E-state index contributed by atoms with van der Waals surface area (Å²) in [6, 6.07) is 2.85. The van der Waals surface area contributed by atoms with Crippen LogP contribution < -0.4 is 10.6 Å². The van der Waals surface area contributed by atoms with Gasteiger partial charge in [-0.3, -0.25) is 14.9 Å². The number of rotatable bonds is 6. The average molecular weight is 252 g/mol. The number of nitro groups is 1. The summed E-state index contributed by atoms with van der Waals surface area (Å²) in [7, 11) is 0. The molecule has 0 radical (unpaired) electrons. The van der Waals surface area contributed by atoms with E-state index >= 15 is 0 Å². The first kappa shape index (κ1) is 13.9. The zero-order valence-electron chi connectivity index (χ0n) is 10.4. The molecule has 0 spiro atoms. The van der Waals surface area contributed by atoms with Gasteiger partial charge in [-0.15, -0.1) is 0 Å². The minimum Gasteiger partial charge on any atom is -0.361 e. The van der Waals surface area contributed by atoms with E-state index in [0.29, 0.717) is 18.1 Å². The Bertz CT molecular complexity index is 448. The van der Waals surface area contributed by atoms with Gasteiger partial charge in [0.2, 0.25) is 5.91 Å². The van der Waals surface area contributed by atoms with Crippen LogP contribution in [-0.4, -0.2) is 28.9 Å². The molecule has 0 saturated carbocycles. The van der Waals surface area contributed by atoms with Crippen molar-refractivity contribution in [2.45, 2.75) is 20.3 Å². The number of amides is 1. The van der Waals surface area contributed by atoms with E-state index in [1.54, 1.807) is 6.92 Å². The van der Waals surface area contributed by atoms with Gasteiger partial charge < -0.3 is 10.6 Å². The van der Waals surface area contributed by atoms with Gasteiger partial charge >= 0.3 is 0 Å². The van der Waals surface area contributed by atoms with E-state index in [4.69, 9.17) is 0 Å². The maximum Gasteiger partial charge on any atom is 0.290 e. The van der Waals surface area contributed by atoms with Crippen molar-refractivity contribution in [2.24, 2.45) is 0 Å². The summed E-state index contributed by atoms with van der Waals surface area (Å²) in [5.41, 5.74) is 0.287. The fourth-order valence-electron chi connectivity index (χ4n) is 1.34. The van der Waals surface area contributed by atoms with Crippen LogP contribution in [0.1, 0.15) is 19.0 Å². The Balaban J connectivity index is 2.56. The van der Waals surface area contributed by atoms with Crippen molar-refractivity contribution in [3.05, 3.63) is 27.9 Å². The fourth-order valence-corrected chi connectivity index (χ4v) is 1.34. The van der Waals surface area contributed by atoms with Crippen LogP contribution in [0.4, 0.5) is 11.5 Å². The first-order valence-corrected chi connectivity index (χ1v) is 5.67. The predicted molar refractivity (Wildman–Crippen MR) is 67.4 cm³/mol. The number of carbonyl (C=O) groups excluding carboxylic acids is 1. The largest absolute Gasteiger partial charge is 0.361 e. The average Bonchev–Trinajstić information content (AvgIpc) is 2.33. The molecule has 1 aromatic rings. The number of aromatic nitrogens is 1.